The van der Waals surface area contributed by atoms with Crippen molar-refractivity contribution in [3.63, 3.8) is 0 Å². The molecular formula is C22H26F3NO5. The predicted octanol–water partition coefficient (Wildman–Crippen LogP) is 4.68. The summed E-state index contributed by atoms with van der Waals surface area (Å²) in [6, 6.07) is 11.2. The van der Waals surface area contributed by atoms with Gasteiger partial charge in [-0.25, -0.2) is 4.79 Å². The molecule has 0 aromatic heterocycles. The highest BCUT2D eigenvalue weighted by molar-refractivity contribution is 5.96. The lowest BCUT2D eigenvalue weighted by Crippen LogP contribution is -2.15. The van der Waals surface area contributed by atoms with Gasteiger partial charge in [-0.05, 0) is 37.3 Å². The molecule has 0 heterocycles. The van der Waals surface area contributed by atoms with Crippen molar-refractivity contribution in [3.05, 3.63) is 59.7 Å². The van der Waals surface area contributed by atoms with Crippen LogP contribution in [0.2, 0.25) is 0 Å². The molecule has 9 heteroatoms. The highest BCUT2D eigenvalue weighted by Crippen LogP contribution is 2.31. The zero-order valence-corrected chi connectivity index (χ0v) is 17.2. The zero-order valence-electron chi connectivity index (χ0n) is 17.2. The fraction of sp³-hybridized carbons (Fsp3) is 0.409. The van der Waals surface area contributed by atoms with Crippen LogP contribution >= 0.6 is 0 Å². The SMILES string of the molecule is CCOCCOCCOCCOC(=O)c1ccccc1Nc1cccc(C(F)(F)F)c1. The van der Waals surface area contributed by atoms with Gasteiger partial charge in [0, 0.05) is 12.3 Å². The fourth-order valence-corrected chi connectivity index (χ4v) is 2.55. The van der Waals surface area contributed by atoms with Gasteiger partial charge in [0.15, 0.2) is 0 Å². The molecule has 0 atom stereocenters. The van der Waals surface area contributed by atoms with E-state index in [1.807, 2.05) is 6.92 Å². The molecule has 2 rings (SSSR count). The average Bonchev–Trinajstić information content (AvgIpc) is 2.75. The molecule has 31 heavy (non-hydrogen) atoms. The first-order valence-corrected chi connectivity index (χ1v) is 9.85. The molecule has 2 aromatic carbocycles. The third-order valence-corrected chi connectivity index (χ3v) is 4.02. The first kappa shape index (κ1) is 24.6. The number of para-hydroxylation sites is 1. The molecule has 0 radical (unpaired) electrons. The van der Waals surface area contributed by atoms with E-state index >= 15 is 0 Å². The van der Waals surface area contributed by atoms with E-state index in [0.29, 0.717) is 38.7 Å². The Hall–Kier alpha value is -2.62. The molecule has 0 aliphatic carbocycles. The number of nitrogens with one attached hydrogen (secondary N) is 1. The van der Waals surface area contributed by atoms with Crippen LogP contribution in [-0.2, 0) is 25.1 Å². The van der Waals surface area contributed by atoms with E-state index in [0.717, 1.165) is 12.1 Å². The lowest BCUT2D eigenvalue weighted by Gasteiger charge is -2.13. The molecule has 0 saturated carbocycles. The van der Waals surface area contributed by atoms with Gasteiger partial charge in [0.2, 0.25) is 0 Å². The fourth-order valence-electron chi connectivity index (χ4n) is 2.55. The summed E-state index contributed by atoms with van der Waals surface area (Å²) < 4.78 is 59.7. The molecule has 1 N–H and O–H groups in total. The summed E-state index contributed by atoms with van der Waals surface area (Å²) >= 11 is 0. The lowest BCUT2D eigenvalue weighted by molar-refractivity contribution is -0.137. The Labute approximate surface area is 179 Å². The minimum atomic E-state index is -4.45. The van der Waals surface area contributed by atoms with Crippen molar-refractivity contribution in [2.24, 2.45) is 0 Å². The second-order valence-corrected chi connectivity index (χ2v) is 6.31. The van der Waals surface area contributed by atoms with Crippen molar-refractivity contribution in [2.75, 3.05) is 51.6 Å². The summed E-state index contributed by atoms with van der Waals surface area (Å²) in [4.78, 5) is 12.4. The molecule has 0 aliphatic rings. The molecule has 0 aliphatic heterocycles. The lowest BCUT2D eigenvalue weighted by atomic mass is 10.1. The van der Waals surface area contributed by atoms with E-state index in [-0.39, 0.29) is 24.5 Å². The van der Waals surface area contributed by atoms with Gasteiger partial charge in [-0.2, -0.15) is 13.2 Å². The third kappa shape index (κ3) is 8.95. The summed E-state index contributed by atoms with van der Waals surface area (Å²) in [5.74, 6) is -0.605. The highest BCUT2D eigenvalue weighted by Gasteiger charge is 2.30. The monoisotopic (exact) mass is 441 g/mol. The molecule has 0 bridgehead atoms. The van der Waals surface area contributed by atoms with Crippen LogP contribution in [0.15, 0.2) is 48.5 Å². The van der Waals surface area contributed by atoms with Crippen LogP contribution in [0.1, 0.15) is 22.8 Å². The summed E-state index contributed by atoms with van der Waals surface area (Å²) in [5, 5.41) is 2.85. The van der Waals surface area contributed by atoms with Crippen LogP contribution in [0.4, 0.5) is 24.5 Å². The smallest absolute Gasteiger partial charge is 0.416 e. The number of benzene rings is 2. The van der Waals surface area contributed by atoms with Crippen molar-refractivity contribution < 1.29 is 36.9 Å². The Morgan fingerprint density at radius 3 is 2.19 bits per heavy atom. The van der Waals surface area contributed by atoms with Gasteiger partial charge in [0.05, 0.1) is 49.8 Å². The van der Waals surface area contributed by atoms with E-state index in [2.05, 4.69) is 5.32 Å². The predicted molar refractivity (Wildman–Crippen MR) is 110 cm³/mol. The van der Waals surface area contributed by atoms with E-state index in [4.69, 9.17) is 18.9 Å². The largest absolute Gasteiger partial charge is 0.460 e. The first-order valence-electron chi connectivity index (χ1n) is 9.85. The van der Waals surface area contributed by atoms with Gasteiger partial charge in [-0.1, -0.05) is 18.2 Å². The van der Waals surface area contributed by atoms with Gasteiger partial charge in [0.1, 0.15) is 6.61 Å². The van der Waals surface area contributed by atoms with Gasteiger partial charge in [-0.3, -0.25) is 0 Å². The maximum Gasteiger partial charge on any atom is 0.416 e. The first-order chi connectivity index (χ1) is 14.9. The van der Waals surface area contributed by atoms with Crippen LogP contribution in [0.3, 0.4) is 0 Å². The van der Waals surface area contributed by atoms with Crippen LogP contribution in [0.25, 0.3) is 0 Å². The minimum absolute atomic E-state index is 0.0374. The van der Waals surface area contributed by atoms with Crippen LogP contribution in [0.5, 0.6) is 0 Å². The molecule has 170 valence electrons. The van der Waals surface area contributed by atoms with Crippen LogP contribution < -0.4 is 5.32 Å². The topological polar surface area (TPSA) is 66.0 Å². The molecule has 0 unspecified atom stereocenters. The van der Waals surface area contributed by atoms with Crippen molar-refractivity contribution >= 4 is 17.3 Å². The number of hydrogen-bond acceptors (Lipinski definition) is 6. The Morgan fingerprint density at radius 1 is 0.871 bits per heavy atom. The minimum Gasteiger partial charge on any atom is -0.460 e. The Morgan fingerprint density at radius 2 is 1.52 bits per heavy atom. The summed E-state index contributed by atoms with van der Waals surface area (Å²) in [6.45, 7) is 4.57. The number of anilines is 2. The number of carbonyl (C=O) groups is 1. The average molecular weight is 441 g/mol. The van der Waals surface area contributed by atoms with Gasteiger partial charge in [-0.15, -0.1) is 0 Å². The van der Waals surface area contributed by atoms with Crippen molar-refractivity contribution in [1.29, 1.82) is 0 Å². The number of rotatable bonds is 13. The van der Waals surface area contributed by atoms with E-state index in [1.54, 1.807) is 18.2 Å². The van der Waals surface area contributed by atoms with E-state index in [1.165, 1.54) is 18.2 Å². The molecule has 2 aromatic rings. The summed E-state index contributed by atoms with van der Waals surface area (Å²) in [6.07, 6.45) is -4.45. The zero-order chi connectivity index (χ0) is 22.5. The number of halogens is 3. The molecular weight excluding hydrogens is 415 g/mol. The van der Waals surface area contributed by atoms with Gasteiger partial charge < -0.3 is 24.3 Å². The molecule has 0 fully saturated rings. The van der Waals surface area contributed by atoms with E-state index < -0.39 is 17.7 Å². The molecule has 6 nitrogen and oxygen atoms in total. The van der Waals surface area contributed by atoms with Gasteiger partial charge >= 0.3 is 12.1 Å². The Kier molecular flexibility index (Phi) is 10.3. The second-order valence-electron chi connectivity index (χ2n) is 6.31. The normalized spacial score (nSPS) is 11.4. The number of alkyl halides is 3. The third-order valence-electron chi connectivity index (χ3n) is 4.02. The van der Waals surface area contributed by atoms with Gasteiger partial charge in [0.25, 0.3) is 0 Å². The molecule has 0 amide bonds. The summed E-state index contributed by atoms with van der Waals surface area (Å²) in [7, 11) is 0. The Balaban J connectivity index is 1.80. The summed E-state index contributed by atoms with van der Waals surface area (Å²) in [5.41, 5.74) is -0.0195. The maximum atomic E-state index is 12.9. The number of hydrogen-bond donors (Lipinski definition) is 1. The van der Waals surface area contributed by atoms with Crippen molar-refractivity contribution in [2.45, 2.75) is 13.1 Å². The number of ether oxygens (including phenoxy) is 4. The highest BCUT2D eigenvalue weighted by atomic mass is 19.4. The standard InChI is InChI=1S/C22H26F3NO5/c1-2-28-10-11-29-12-13-30-14-15-31-21(27)19-8-3-4-9-20(19)26-18-7-5-6-17(16-18)22(23,24)25/h3-9,16,26H,2,10-15H2,1H3. The van der Waals surface area contributed by atoms with Crippen molar-refractivity contribution in [3.8, 4) is 0 Å². The Bertz CT molecular complexity index is 814. The number of carbonyl (C=O) groups excluding carboxylic acids is 1. The van der Waals surface area contributed by atoms with E-state index in [9.17, 15) is 18.0 Å². The maximum absolute atomic E-state index is 12.9. The molecule has 0 saturated heterocycles. The quantitative estimate of drug-likeness (QED) is 0.360. The van der Waals surface area contributed by atoms with Crippen LogP contribution in [-0.4, -0.2) is 52.2 Å². The number of esters is 1. The molecule has 0 spiro atoms. The second kappa shape index (κ2) is 12.9. The van der Waals surface area contributed by atoms with Crippen LogP contribution in [0, 0.1) is 0 Å². The van der Waals surface area contributed by atoms with Crippen molar-refractivity contribution in [1.82, 2.24) is 0 Å².